The predicted molar refractivity (Wildman–Crippen MR) is 107 cm³/mol. The molecule has 1 aliphatic heterocycles. The molecule has 2 aromatic carbocycles. The zero-order valence-corrected chi connectivity index (χ0v) is 16.7. The van der Waals surface area contributed by atoms with Crippen molar-refractivity contribution in [3.63, 3.8) is 0 Å². The van der Waals surface area contributed by atoms with Gasteiger partial charge in [-0.15, -0.1) is 11.3 Å². The van der Waals surface area contributed by atoms with Crippen LogP contribution in [-0.2, 0) is 24.2 Å². The number of nitrogens with zero attached hydrogens (tertiary/aromatic N) is 2. The van der Waals surface area contributed by atoms with E-state index < -0.39 is 5.82 Å². The molecule has 7 heteroatoms. The third-order valence-corrected chi connectivity index (χ3v) is 5.72. The average Bonchev–Trinajstić information content (AvgIpc) is 3.27. The highest BCUT2D eigenvalue weighted by Crippen LogP contribution is 2.31. The Morgan fingerprint density at radius 1 is 1.30 bits per heavy atom. The Hall–Kier alpha value is -2.25. The maximum absolute atomic E-state index is 13.6. The highest BCUT2D eigenvalue weighted by molar-refractivity contribution is 9.10. The van der Waals surface area contributed by atoms with Crippen LogP contribution in [0, 0.1) is 5.82 Å². The minimum Gasteiger partial charge on any atom is -0.483 e. The first-order valence-corrected chi connectivity index (χ1v) is 10.2. The van der Waals surface area contributed by atoms with E-state index in [0.717, 1.165) is 16.6 Å². The van der Waals surface area contributed by atoms with Gasteiger partial charge in [0.05, 0.1) is 12.1 Å². The van der Waals surface area contributed by atoms with Crippen molar-refractivity contribution >= 4 is 38.9 Å². The first-order valence-electron chi connectivity index (χ1n) is 8.49. The number of hydrogen-bond acceptors (Lipinski definition) is 4. The van der Waals surface area contributed by atoms with Crippen molar-refractivity contribution in [1.82, 2.24) is 4.98 Å². The van der Waals surface area contributed by atoms with Crippen LogP contribution in [0.4, 0.5) is 10.1 Å². The van der Waals surface area contributed by atoms with Crippen LogP contribution in [0.2, 0.25) is 0 Å². The fraction of sp³-hybridized carbons (Fsp3) is 0.200. The molecule has 1 aromatic heterocycles. The molecule has 1 aliphatic rings. The second-order valence-electron chi connectivity index (χ2n) is 6.20. The van der Waals surface area contributed by atoms with Gasteiger partial charge in [0.2, 0.25) is 5.91 Å². The van der Waals surface area contributed by atoms with Gasteiger partial charge in [-0.3, -0.25) is 4.79 Å². The van der Waals surface area contributed by atoms with Gasteiger partial charge in [0.15, 0.2) is 11.6 Å². The first-order chi connectivity index (χ1) is 13.1. The van der Waals surface area contributed by atoms with E-state index >= 15 is 0 Å². The molecule has 0 unspecified atom stereocenters. The molecule has 3 aromatic rings. The summed E-state index contributed by atoms with van der Waals surface area (Å²) < 4.78 is 20.1. The molecule has 0 fully saturated rings. The van der Waals surface area contributed by atoms with Crippen molar-refractivity contribution in [1.29, 1.82) is 0 Å². The maximum atomic E-state index is 13.6. The summed E-state index contributed by atoms with van der Waals surface area (Å²) in [6.45, 7) is 0.873. The second-order valence-corrected chi connectivity index (χ2v) is 8.06. The normalized spacial score (nSPS) is 12.9. The predicted octanol–water partition coefficient (Wildman–Crippen LogP) is 4.76. The van der Waals surface area contributed by atoms with Crippen LogP contribution in [0.5, 0.6) is 5.75 Å². The van der Waals surface area contributed by atoms with Crippen molar-refractivity contribution in [2.45, 2.75) is 19.4 Å². The van der Waals surface area contributed by atoms with Gasteiger partial charge >= 0.3 is 0 Å². The lowest BCUT2D eigenvalue weighted by Crippen LogP contribution is -2.30. The molecular weight excluding hydrogens is 431 g/mol. The molecule has 27 heavy (non-hydrogen) atoms. The third kappa shape index (κ3) is 4.04. The lowest BCUT2D eigenvalue weighted by molar-refractivity contribution is -0.117. The molecule has 0 saturated heterocycles. The Labute approximate surface area is 168 Å². The van der Waals surface area contributed by atoms with Crippen molar-refractivity contribution in [2.24, 2.45) is 0 Å². The van der Waals surface area contributed by atoms with Gasteiger partial charge in [-0.2, -0.15) is 0 Å². The fourth-order valence-electron chi connectivity index (χ4n) is 3.08. The van der Waals surface area contributed by atoms with E-state index in [1.54, 1.807) is 18.2 Å². The molecule has 0 bridgehead atoms. The molecule has 1 amide bonds. The lowest BCUT2D eigenvalue weighted by atomic mass is 10.2. The van der Waals surface area contributed by atoms with Crippen LogP contribution in [-0.4, -0.2) is 17.4 Å². The number of anilines is 1. The van der Waals surface area contributed by atoms with Crippen LogP contribution in [0.25, 0.3) is 0 Å². The summed E-state index contributed by atoms with van der Waals surface area (Å²) in [4.78, 5) is 19.0. The van der Waals surface area contributed by atoms with E-state index in [9.17, 15) is 9.18 Å². The van der Waals surface area contributed by atoms with Gasteiger partial charge in [-0.05, 0) is 42.3 Å². The fourth-order valence-corrected chi connectivity index (χ4v) is 4.19. The lowest BCUT2D eigenvalue weighted by Gasteiger charge is -2.16. The minimum absolute atomic E-state index is 0.0305. The second kappa shape index (κ2) is 7.78. The Morgan fingerprint density at radius 2 is 2.15 bits per heavy atom. The largest absolute Gasteiger partial charge is 0.483 e. The number of hydrogen-bond donors (Lipinski definition) is 0. The number of halogens is 2. The Kier molecular flexibility index (Phi) is 5.22. The van der Waals surface area contributed by atoms with Crippen LogP contribution in [0.3, 0.4) is 0 Å². The molecule has 2 heterocycles. The monoisotopic (exact) mass is 446 g/mol. The summed E-state index contributed by atoms with van der Waals surface area (Å²) in [5.41, 5.74) is 2.86. The van der Waals surface area contributed by atoms with E-state index in [0.29, 0.717) is 17.2 Å². The van der Waals surface area contributed by atoms with Gasteiger partial charge in [0, 0.05) is 22.1 Å². The summed E-state index contributed by atoms with van der Waals surface area (Å²) in [6, 6.07) is 12.2. The summed E-state index contributed by atoms with van der Waals surface area (Å²) >= 11 is 4.88. The maximum Gasteiger partial charge on any atom is 0.233 e. The van der Waals surface area contributed by atoms with Crippen molar-refractivity contribution < 1.29 is 13.9 Å². The summed E-state index contributed by atoms with van der Waals surface area (Å²) in [6.07, 6.45) is 1.10. The molecule has 4 nitrogen and oxygen atoms in total. The molecule has 0 spiro atoms. The van der Waals surface area contributed by atoms with E-state index in [1.807, 2.05) is 22.4 Å². The molecule has 0 N–H and O–H groups in total. The number of benzene rings is 2. The molecular formula is C20H16BrFN2O2S. The average molecular weight is 447 g/mol. The number of amides is 1. The number of para-hydroxylation sites is 1. The van der Waals surface area contributed by atoms with Crippen molar-refractivity contribution in [3.8, 4) is 5.75 Å². The van der Waals surface area contributed by atoms with Crippen molar-refractivity contribution in [3.05, 3.63) is 74.4 Å². The molecule has 0 radical (unpaired) electrons. The highest BCUT2D eigenvalue weighted by Gasteiger charge is 2.25. The van der Waals surface area contributed by atoms with E-state index in [2.05, 4.69) is 27.0 Å². The first kappa shape index (κ1) is 18.1. The van der Waals surface area contributed by atoms with E-state index in [-0.39, 0.29) is 24.7 Å². The van der Waals surface area contributed by atoms with Gasteiger partial charge in [0.25, 0.3) is 0 Å². The van der Waals surface area contributed by atoms with Crippen molar-refractivity contribution in [2.75, 3.05) is 11.4 Å². The number of fused-ring (bicyclic) bond motifs is 1. The molecule has 0 aliphatic carbocycles. The Morgan fingerprint density at radius 3 is 3.00 bits per heavy atom. The topological polar surface area (TPSA) is 42.4 Å². The van der Waals surface area contributed by atoms with Gasteiger partial charge < -0.3 is 9.64 Å². The minimum atomic E-state index is -0.399. The van der Waals surface area contributed by atoms with E-state index in [4.69, 9.17) is 4.74 Å². The summed E-state index contributed by atoms with van der Waals surface area (Å²) in [5.74, 6) is -0.170. The number of carbonyl (C=O) groups excluding carboxylic acids is 1. The number of aromatic nitrogens is 1. The van der Waals surface area contributed by atoms with Crippen LogP contribution < -0.4 is 9.64 Å². The molecule has 138 valence electrons. The quantitative estimate of drug-likeness (QED) is 0.567. The van der Waals surface area contributed by atoms with E-state index in [1.165, 1.54) is 23.0 Å². The number of ether oxygens (including phenoxy) is 1. The number of thiazole rings is 1. The van der Waals surface area contributed by atoms with Crippen LogP contribution in [0.15, 0.2) is 52.3 Å². The molecule has 0 saturated carbocycles. The number of rotatable bonds is 5. The van der Waals surface area contributed by atoms with Gasteiger partial charge in [0.1, 0.15) is 11.6 Å². The van der Waals surface area contributed by atoms with Crippen LogP contribution >= 0.6 is 27.3 Å². The Balaban J connectivity index is 1.38. The smallest absolute Gasteiger partial charge is 0.233 e. The zero-order chi connectivity index (χ0) is 18.8. The summed E-state index contributed by atoms with van der Waals surface area (Å²) in [5, 5.41) is 2.57. The Bertz CT molecular complexity index is 992. The van der Waals surface area contributed by atoms with Gasteiger partial charge in [-0.25, -0.2) is 9.37 Å². The highest BCUT2D eigenvalue weighted by atomic mass is 79.9. The third-order valence-electron chi connectivity index (χ3n) is 4.36. The van der Waals surface area contributed by atoms with Gasteiger partial charge in [-0.1, -0.05) is 28.1 Å². The zero-order valence-electron chi connectivity index (χ0n) is 14.3. The molecule has 0 atom stereocenters. The standard InChI is InChI=1S/C20H16BrFN2O2S/c21-14-5-6-17-13(9-14)7-8-24(17)20(25)10-15-12-27-19(23-15)11-26-18-4-2-1-3-16(18)22/h1-6,9,12H,7-8,10-11H2. The molecule has 4 rings (SSSR count). The summed E-state index contributed by atoms with van der Waals surface area (Å²) in [7, 11) is 0. The van der Waals surface area contributed by atoms with Crippen LogP contribution in [0.1, 0.15) is 16.3 Å². The SMILES string of the molecule is O=C(Cc1csc(COc2ccccc2F)n1)N1CCc2cc(Br)ccc21. The number of carbonyl (C=O) groups is 1.